The maximum absolute atomic E-state index is 2.45. The highest BCUT2D eigenvalue weighted by atomic mass is 32.1. The Morgan fingerprint density at radius 1 is 1.07 bits per heavy atom. The van der Waals surface area contributed by atoms with Crippen molar-refractivity contribution in [2.45, 2.75) is 39.3 Å². The summed E-state index contributed by atoms with van der Waals surface area (Å²) in [6.45, 7) is 14.4. The van der Waals surface area contributed by atoms with Gasteiger partial charge in [0, 0.05) is 4.88 Å². The van der Waals surface area contributed by atoms with Gasteiger partial charge >= 0.3 is 0 Å². The largest absolute Gasteiger partial charge is 0.145 e. The van der Waals surface area contributed by atoms with Crippen LogP contribution in [0, 0.1) is 0 Å². The van der Waals surface area contributed by atoms with Gasteiger partial charge in [0.15, 0.2) is 0 Å². The topological polar surface area (TPSA) is 0 Å². The Bertz CT molecular complexity index is 350. The van der Waals surface area contributed by atoms with Crippen molar-refractivity contribution in [2.75, 3.05) is 0 Å². The predicted molar refractivity (Wildman–Crippen MR) is 79.7 cm³/mol. The molecule has 0 fully saturated rings. The van der Waals surface area contributed by atoms with Crippen molar-refractivity contribution >= 4 is 38.7 Å². The minimum atomic E-state index is -1.15. The molecule has 0 aliphatic carbocycles. The third-order valence-corrected chi connectivity index (χ3v) is 6.52. The van der Waals surface area contributed by atoms with Crippen LogP contribution in [0.2, 0.25) is 39.3 Å². The fourth-order valence-electron chi connectivity index (χ4n) is 1.40. The minimum absolute atomic E-state index is 1.05. The summed E-state index contributed by atoms with van der Waals surface area (Å²) in [7, 11) is -2.20. The van der Waals surface area contributed by atoms with Crippen LogP contribution in [0.1, 0.15) is 4.88 Å². The van der Waals surface area contributed by atoms with Crippen LogP contribution >= 0.6 is 11.3 Å². The summed E-state index contributed by atoms with van der Waals surface area (Å²) in [6.07, 6.45) is 2.37. The lowest BCUT2D eigenvalue weighted by Crippen LogP contribution is -2.37. The molecule has 1 aromatic heterocycles. The van der Waals surface area contributed by atoms with Crippen LogP contribution in [-0.2, 0) is 0 Å². The number of thiophene rings is 1. The molecule has 84 valence electrons. The first-order valence-corrected chi connectivity index (χ1v) is 13.4. The van der Waals surface area contributed by atoms with Crippen molar-refractivity contribution < 1.29 is 0 Å². The molecule has 0 bridgehead atoms. The second-order valence-electron chi connectivity index (χ2n) is 6.15. The van der Waals surface area contributed by atoms with E-state index in [2.05, 4.69) is 62.5 Å². The molecular weight excluding hydrogens is 232 g/mol. The van der Waals surface area contributed by atoms with Gasteiger partial charge in [-0.15, -0.1) is 11.3 Å². The van der Waals surface area contributed by atoms with Gasteiger partial charge in [-0.3, -0.25) is 0 Å². The first-order valence-electron chi connectivity index (χ1n) is 5.47. The standard InChI is InChI=1S/C12H22SSi2/c1-14(2,3)10-8-11-12(7-9-13-11)15(4,5)6/h7-10H,1-6H3/b10-8-. The Morgan fingerprint density at radius 3 is 2.13 bits per heavy atom. The summed E-state index contributed by atoms with van der Waals surface area (Å²) in [6, 6.07) is 2.32. The van der Waals surface area contributed by atoms with Crippen LogP contribution in [0.25, 0.3) is 6.08 Å². The molecule has 0 unspecified atom stereocenters. The molecule has 1 aromatic rings. The van der Waals surface area contributed by atoms with E-state index in [1.54, 1.807) is 5.19 Å². The fraction of sp³-hybridized carbons (Fsp3) is 0.500. The highest BCUT2D eigenvalue weighted by Crippen LogP contribution is 2.16. The van der Waals surface area contributed by atoms with Gasteiger partial charge in [-0.05, 0) is 10.6 Å². The Kier molecular flexibility index (Phi) is 3.79. The summed E-state index contributed by atoms with van der Waals surface area (Å²) in [5, 5.41) is 3.85. The molecule has 3 heteroatoms. The molecule has 1 heterocycles. The molecule has 0 amide bonds. The first kappa shape index (κ1) is 12.9. The van der Waals surface area contributed by atoms with Crippen molar-refractivity contribution in [3.8, 4) is 0 Å². The van der Waals surface area contributed by atoms with E-state index in [1.165, 1.54) is 4.88 Å². The van der Waals surface area contributed by atoms with Crippen LogP contribution < -0.4 is 5.19 Å². The predicted octanol–water partition coefficient (Wildman–Crippen LogP) is 4.18. The van der Waals surface area contributed by atoms with E-state index in [1.807, 2.05) is 11.3 Å². The quantitative estimate of drug-likeness (QED) is 0.710. The van der Waals surface area contributed by atoms with Crippen LogP contribution in [-0.4, -0.2) is 16.1 Å². The Balaban J connectivity index is 2.98. The molecule has 0 atom stereocenters. The second-order valence-corrected chi connectivity index (χ2v) is 17.2. The highest BCUT2D eigenvalue weighted by molar-refractivity contribution is 7.13. The average molecular weight is 255 g/mol. The van der Waals surface area contributed by atoms with Crippen LogP contribution in [0.15, 0.2) is 17.1 Å². The molecule has 0 aromatic carbocycles. The van der Waals surface area contributed by atoms with Gasteiger partial charge in [0.1, 0.15) is 0 Å². The van der Waals surface area contributed by atoms with Gasteiger partial charge in [-0.2, -0.15) is 0 Å². The molecule has 0 nitrogen and oxygen atoms in total. The van der Waals surface area contributed by atoms with E-state index in [9.17, 15) is 0 Å². The summed E-state index contributed by atoms with van der Waals surface area (Å²) in [5.41, 5.74) is 2.45. The van der Waals surface area contributed by atoms with Gasteiger partial charge in [-0.1, -0.05) is 57.1 Å². The molecule has 0 saturated carbocycles. The van der Waals surface area contributed by atoms with E-state index >= 15 is 0 Å². The SMILES string of the molecule is C[Si](C)(C)/C=C\c1sccc1[Si](C)(C)C. The smallest absolute Gasteiger partial charge is 0.0794 e. The minimum Gasteiger partial charge on any atom is -0.145 e. The molecule has 15 heavy (non-hydrogen) atoms. The van der Waals surface area contributed by atoms with Gasteiger partial charge < -0.3 is 0 Å². The van der Waals surface area contributed by atoms with Crippen molar-refractivity contribution in [2.24, 2.45) is 0 Å². The summed E-state index contributed by atoms with van der Waals surface area (Å²) in [4.78, 5) is 1.50. The third kappa shape index (κ3) is 4.09. The Labute approximate surface area is 100 Å². The molecule has 1 rings (SSSR count). The average Bonchev–Trinajstić information content (AvgIpc) is 2.45. The summed E-state index contributed by atoms with van der Waals surface area (Å²) >= 11 is 1.89. The zero-order valence-corrected chi connectivity index (χ0v) is 13.5. The summed E-state index contributed by atoms with van der Waals surface area (Å²) < 4.78 is 0. The van der Waals surface area contributed by atoms with Gasteiger partial charge in [0.05, 0.1) is 16.1 Å². The maximum atomic E-state index is 2.45. The van der Waals surface area contributed by atoms with E-state index in [4.69, 9.17) is 0 Å². The summed E-state index contributed by atoms with van der Waals surface area (Å²) in [5.74, 6) is 0. The number of hydrogen-bond acceptors (Lipinski definition) is 1. The monoisotopic (exact) mass is 254 g/mol. The van der Waals surface area contributed by atoms with Crippen molar-refractivity contribution in [3.63, 3.8) is 0 Å². The lowest BCUT2D eigenvalue weighted by Gasteiger charge is -2.16. The molecule has 0 aliphatic rings. The van der Waals surface area contributed by atoms with Crippen LogP contribution in [0.5, 0.6) is 0 Å². The van der Waals surface area contributed by atoms with Gasteiger partial charge in [-0.25, -0.2) is 0 Å². The lowest BCUT2D eigenvalue weighted by atomic mass is 10.5. The maximum Gasteiger partial charge on any atom is 0.0794 e. The van der Waals surface area contributed by atoms with E-state index < -0.39 is 16.1 Å². The van der Waals surface area contributed by atoms with E-state index in [-0.39, 0.29) is 0 Å². The van der Waals surface area contributed by atoms with Crippen LogP contribution in [0.3, 0.4) is 0 Å². The third-order valence-electron chi connectivity index (χ3n) is 2.24. The lowest BCUT2D eigenvalue weighted by molar-refractivity contribution is 1.74. The second kappa shape index (κ2) is 4.39. The molecule has 0 saturated heterocycles. The zero-order chi connectivity index (χ0) is 11.7. The van der Waals surface area contributed by atoms with Crippen molar-refractivity contribution in [3.05, 3.63) is 22.0 Å². The zero-order valence-electron chi connectivity index (χ0n) is 10.7. The fourth-order valence-corrected chi connectivity index (χ4v) is 5.50. The number of rotatable bonds is 3. The molecule has 0 N–H and O–H groups in total. The van der Waals surface area contributed by atoms with Crippen LogP contribution in [0.4, 0.5) is 0 Å². The molecular formula is C12H22SSi2. The number of hydrogen-bond donors (Lipinski definition) is 0. The highest BCUT2D eigenvalue weighted by Gasteiger charge is 2.20. The van der Waals surface area contributed by atoms with E-state index in [0.29, 0.717) is 0 Å². The molecule has 0 radical (unpaired) electrons. The van der Waals surface area contributed by atoms with Gasteiger partial charge in [0.2, 0.25) is 0 Å². The molecule has 0 spiro atoms. The van der Waals surface area contributed by atoms with Crippen molar-refractivity contribution in [1.82, 2.24) is 0 Å². The normalized spacial score (nSPS) is 13.7. The van der Waals surface area contributed by atoms with Gasteiger partial charge in [0.25, 0.3) is 0 Å². The first-order chi connectivity index (χ1) is 6.70. The Hall–Kier alpha value is -0.126. The Morgan fingerprint density at radius 2 is 1.67 bits per heavy atom. The van der Waals surface area contributed by atoms with E-state index in [0.717, 1.165) is 0 Å². The molecule has 0 aliphatic heterocycles. The van der Waals surface area contributed by atoms with Crippen molar-refractivity contribution in [1.29, 1.82) is 0 Å².